The minimum Gasteiger partial charge on any atom is -0.383 e. The predicted octanol–water partition coefficient (Wildman–Crippen LogP) is 2.38. The van der Waals surface area contributed by atoms with Crippen LogP contribution in [0, 0.1) is 11.6 Å². The van der Waals surface area contributed by atoms with Crippen molar-refractivity contribution >= 4 is 21.8 Å². The number of alkyl halides is 1. The third kappa shape index (κ3) is 5.24. The molecule has 0 spiro atoms. The number of rotatable bonds is 6. The molecule has 1 aromatic rings. The highest BCUT2D eigenvalue weighted by molar-refractivity contribution is 9.09. The molecule has 0 aromatic heterocycles. The molecule has 106 valence electrons. The normalized spacial score (nSPS) is 12.3. The maximum Gasteiger partial charge on any atom is 0.226 e. The van der Waals surface area contributed by atoms with Gasteiger partial charge in [0.1, 0.15) is 11.6 Å². The number of benzene rings is 1. The van der Waals surface area contributed by atoms with Crippen LogP contribution in [0.4, 0.5) is 8.78 Å². The fourth-order valence-electron chi connectivity index (χ4n) is 1.60. The van der Waals surface area contributed by atoms with Gasteiger partial charge in [-0.1, -0.05) is 22.0 Å². The molecule has 1 amide bonds. The Morgan fingerprint density at radius 2 is 2.16 bits per heavy atom. The number of hydrogen-bond donors (Lipinski definition) is 0. The number of likely N-dealkylation sites (N-methyl/N-ethyl adjacent to an activating group) is 1. The lowest BCUT2D eigenvalue weighted by Crippen LogP contribution is -2.34. The van der Waals surface area contributed by atoms with Crippen molar-refractivity contribution in [3.63, 3.8) is 0 Å². The second-order valence-electron chi connectivity index (χ2n) is 4.24. The third-order valence-corrected chi connectivity index (χ3v) is 3.16. The Morgan fingerprint density at radius 1 is 1.47 bits per heavy atom. The van der Waals surface area contributed by atoms with Crippen molar-refractivity contribution in [3.05, 3.63) is 35.4 Å². The average molecular weight is 336 g/mol. The summed E-state index contributed by atoms with van der Waals surface area (Å²) in [5.41, 5.74) is 0.191. The van der Waals surface area contributed by atoms with E-state index < -0.39 is 11.6 Å². The van der Waals surface area contributed by atoms with Crippen LogP contribution in [0.1, 0.15) is 5.56 Å². The maximum atomic E-state index is 13.4. The molecule has 0 N–H and O–H groups in total. The molecule has 3 nitrogen and oxygen atoms in total. The van der Waals surface area contributed by atoms with Crippen LogP contribution in [0.5, 0.6) is 0 Å². The van der Waals surface area contributed by atoms with E-state index in [-0.39, 0.29) is 22.7 Å². The second kappa shape index (κ2) is 7.55. The van der Waals surface area contributed by atoms with Crippen molar-refractivity contribution in [2.75, 3.05) is 27.3 Å². The van der Waals surface area contributed by atoms with Crippen LogP contribution in [-0.2, 0) is 16.0 Å². The topological polar surface area (TPSA) is 29.5 Å². The summed E-state index contributed by atoms with van der Waals surface area (Å²) in [6.07, 6.45) is -0.0880. The minimum atomic E-state index is -0.700. The number of methoxy groups -OCH3 is 1. The van der Waals surface area contributed by atoms with Gasteiger partial charge in [-0.05, 0) is 11.6 Å². The van der Waals surface area contributed by atoms with Gasteiger partial charge < -0.3 is 9.64 Å². The van der Waals surface area contributed by atoms with E-state index in [0.717, 1.165) is 12.1 Å². The zero-order valence-corrected chi connectivity index (χ0v) is 12.4. The van der Waals surface area contributed by atoms with E-state index in [1.807, 2.05) is 0 Å². The summed E-state index contributed by atoms with van der Waals surface area (Å²) in [6, 6.07) is 3.21. The number of carbonyl (C=O) groups is 1. The molecule has 6 heteroatoms. The molecule has 0 saturated heterocycles. The SMILES string of the molecule is COCC(Br)CN(C)C(=O)Cc1ccc(F)cc1F. The number of ether oxygens (including phenoxy) is 1. The van der Waals surface area contributed by atoms with Gasteiger partial charge >= 0.3 is 0 Å². The summed E-state index contributed by atoms with van der Waals surface area (Å²) in [6.45, 7) is 0.929. The Morgan fingerprint density at radius 3 is 2.74 bits per heavy atom. The molecule has 1 unspecified atom stereocenters. The van der Waals surface area contributed by atoms with Crippen molar-refractivity contribution in [2.45, 2.75) is 11.2 Å². The predicted molar refractivity (Wildman–Crippen MR) is 72.3 cm³/mol. The molecule has 0 bridgehead atoms. The second-order valence-corrected chi connectivity index (χ2v) is 5.53. The number of halogens is 3. The van der Waals surface area contributed by atoms with Crippen LogP contribution >= 0.6 is 15.9 Å². The highest BCUT2D eigenvalue weighted by atomic mass is 79.9. The molecular formula is C13H16BrF2NO2. The molecule has 0 radical (unpaired) electrons. The number of carbonyl (C=O) groups excluding carboxylic acids is 1. The third-order valence-electron chi connectivity index (χ3n) is 2.60. The van der Waals surface area contributed by atoms with Crippen molar-refractivity contribution in [3.8, 4) is 0 Å². The Labute approximate surface area is 119 Å². The standard InChI is InChI=1S/C13H16BrF2NO2/c1-17(7-10(14)8-19-2)13(18)5-9-3-4-11(15)6-12(9)16/h3-4,6,10H,5,7-8H2,1-2H3. The van der Waals surface area contributed by atoms with E-state index >= 15 is 0 Å². The van der Waals surface area contributed by atoms with E-state index in [1.54, 1.807) is 14.2 Å². The minimum absolute atomic E-state index is 0.0181. The molecule has 1 rings (SSSR count). The maximum absolute atomic E-state index is 13.4. The van der Waals surface area contributed by atoms with Crippen LogP contribution in [0.3, 0.4) is 0 Å². The Hall–Kier alpha value is -1.01. The fourth-order valence-corrected chi connectivity index (χ4v) is 2.29. The molecule has 0 saturated carbocycles. The van der Waals surface area contributed by atoms with Crippen LogP contribution in [0.2, 0.25) is 0 Å². The number of nitrogens with zero attached hydrogens (tertiary/aromatic N) is 1. The Bertz CT molecular complexity index is 443. The van der Waals surface area contributed by atoms with E-state index in [1.165, 1.54) is 11.0 Å². The van der Waals surface area contributed by atoms with Crippen LogP contribution in [0.15, 0.2) is 18.2 Å². The van der Waals surface area contributed by atoms with Gasteiger partial charge in [0.25, 0.3) is 0 Å². The van der Waals surface area contributed by atoms with Gasteiger partial charge in [-0.2, -0.15) is 0 Å². The Kier molecular flexibility index (Phi) is 6.37. The highest BCUT2D eigenvalue weighted by Crippen LogP contribution is 2.12. The highest BCUT2D eigenvalue weighted by Gasteiger charge is 2.16. The zero-order chi connectivity index (χ0) is 14.4. The first-order valence-electron chi connectivity index (χ1n) is 5.75. The molecule has 0 fully saturated rings. The van der Waals surface area contributed by atoms with Crippen molar-refractivity contribution in [2.24, 2.45) is 0 Å². The quantitative estimate of drug-likeness (QED) is 0.747. The van der Waals surface area contributed by atoms with Crippen LogP contribution < -0.4 is 0 Å². The summed E-state index contributed by atoms with van der Waals surface area (Å²) < 4.78 is 31.1. The molecular weight excluding hydrogens is 320 g/mol. The van der Waals surface area contributed by atoms with Gasteiger partial charge in [0.05, 0.1) is 17.9 Å². The molecule has 1 aromatic carbocycles. The summed E-state index contributed by atoms with van der Waals surface area (Å²) in [7, 11) is 3.21. The van der Waals surface area contributed by atoms with Crippen LogP contribution in [-0.4, -0.2) is 42.9 Å². The van der Waals surface area contributed by atoms with Gasteiger partial charge in [0.15, 0.2) is 0 Å². The summed E-state index contributed by atoms with van der Waals surface area (Å²) in [4.78, 5) is 13.4. The molecule has 19 heavy (non-hydrogen) atoms. The van der Waals surface area contributed by atoms with E-state index in [2.05, 4.69) is 15.9 Å². The molecule has 0 aliphatic carbocycles. The first-order valence-corrected chi connectivity index (χ1v) is 6.66. The smallest absolute Gasteiger partial charge is 0.226 e. The number of hydrogen-bond acceptors (Lipinski definition) is 2. The van der Waals surface area contributed by atoms with E-state index in [9.17, 15) is 13.6 Å². The summed E-state index contributed by atoms with van der Waals surface area (Å²) in [5.74, 6) is -1.58. The van der Waals surface area contributed by atoms with Gasteiger partial charge in [-0.15, -0.1) is 0 Å². The van der Waals surface area contributed by atoms with E-state index in [0.29, 0.717) is 13.2 Å². The fraction of sp³-hybridized carbons (Fsp3) is 0.462. The molecule has 0 heterocycles. The molecule has 0 aliphatic rings. The average Bonchev–Trinajstić information content (AvgIpc) is 2.32. The first-order chi connectivity index (χ1) is 8.93. The van der Waals surface area contributed by atoms with Gasteiger partial charge in [-0.3, -0.25) is 4.79 Å². The van der Waals surface area contributed by atoms with Gasteiger partial charge in [-0.25, -0.2) is 8.78 Å². The van der Waals surface area contributed by atoms with Crippen molar-refractivity contribution < 1.29 is 18.3 Å². The first kappa shape index (κ1) is 16.0. The van der Waals surface area contributed by atoms with Crippen LogP contribution in [0.25, 0.3) is 0 Å². The monoisotopic (exact) mass is 335 g/mol. The van der Waals surface area contributed by atoms with Gasteiger partial charge in [0.2, 0.25) is 5.91 Å². The summed E-state index contributed by atoms with van der Waals surface area (Å²) in [5, 5.41) is 0. The lowest BCUT2D eigenvalue weighted by molar-refractivity contribution is -0.129. The van der Waals surface area contributed by atoms with Crippen molar-refractivity contribution in [1.82, 2.24) is 4.90 Å². The largest absolute Gasteiger partial charge is 0.383 e. The lowest BCUT2D eigenvalue weighted by Gasteiger charge is -2.20. The van der Waals surface area contributed by atoms with Gasteiger partial charge in [0, 0.05) is 26.8 Å². The van der Waals surface area contributed by atoms with E-state index in [4.69, 9.17) is 4.74 Å². The molecule has 1 atom stereocenters. The zero-order valence-electron chi connectivity index (χ0n) is 10.8. The lowest BCUT2D eigenvalue weighted by atomic mass is 10.1. The summed E-state index contributed by atoms with van der Waals surface area (Å²) >= 11 is 3.37. The van der Waals surface area contributed by atoms with Crippen molar-refractivity contribution in [1.29, 1.82) is 0 Å². The molecule has 0 aliphatic heterocycles. The number of amides is 1. The Balaban J connectivity index is 2.58.